The van der Waals surface area contributed by atoms with Crippen LogP contribution in [0.3, 0.4) is 0 Å². The molecule has 0 atom stereocenters. The van der Waals surface area contributed by atoms with E-state index in [4.69, 9.17) is 16.3 Å². The molecule has 156 valence electrons. The maximum Gasteiger partial charge on any atom is 0.226 e. The maximum absolute atomic E-state index is 12.2. The van der Waals surface area contributed by atoms with Crippen LogP contribution in [-0.2, 0) is 9.53 Å². The predicted molar refractivity (Wildman–Crippen MR) is 115 cm³/mol. The Morgan fingerprint density at radius 1 is 1.29 bits per heavy atom. The number of carbonyl (C=O) groups excluding carboxylic acids is 1. The molecular weight excluding hydrogens is 378 g/mol. The fourth-order valence-corrected chi connectivity index (χ4v) is 3.31. The van der Waals surface area contributed by atoms with Gasteiger partial charge in [0.25, 0.3) is 0 Å². The van der Waals surface area contributed by atoms with Crippen LogP contribution in [0.5, 0.6) is 0 Å². The van der Waals surface area contributed by atoms with Crippen molar-refractivity contribution in [2.75, 3.05) is 51.8 Å². The largest absolute Gasteiger partial charge is 0.379 e. The van der Waals surface area contributed by atoms with Crippen LogP contribution in [0.15, 0.2) is 23.2 Å². The van der Waals surface area contributed by atoms with Crippen molar-refractivity contribution in [2.24, 2.45) is 4.99 Å². The number of nitrogens with one attached hydrogen (secondary N) is 3. The Morgan fingerprint density at radius 3 is 2.64 bits per heavy atom. The monoisotopic (exact) mass is 409 g/mol. The normalized spacial score (nSPS) is 16.0. The van der Waals surface area contributed by atoms with Crippen molar-refractivity contribution in [3.63, 3.8) is 0 Å². The van der Waals surface area contributed by atoms with Crippen LogP contribution in [0.25, 0.3) is 0 Å². The van der Waals surface area contributed by atoms with Gasteiger partial charge in [-0.25, -0.2) is 0 Å². The number of anilines is 1. The highest BCUT2D eigenvalue weighted by Gasteiger charge is 2.28. The van der Waals surface area contributed by atoms with Gasteiger partial charge in [0.05, 0.1) is 23.9 Å². The summed E-state index contributed by atoms with van der Waals surface area (Å²) in [4.78, 5) is 18.8. The number of guanidine groups is 1. The van der Waals surface area contributed by atoms with E-state index in [0.29, 0.717) is 29.6 Å². The Kier molecular flexibility index (Phi) is 8.54. The smallest absolute Gasteiger partial charge is 0.226 e. The molecule has 1 fully saturated rings. The number of aliphatic imine (C=N–C) groups is 1. The zero-order valence-corrected chi connectivity index (χ0v) is 18.0. The molecule has 28 heavy (non-hydrogen) atoms. The number of rotatable bonds is 7. The van der Waals surface area contributed by atoms with E-state index in [-0.39, 0.29) is 11.4 Å². The first-order valence-corrected chi connectivity index (χ1v) is 10.0. The minimum absolute atomic E-state index is 0.0129. The quantitative estimate of drug-likeness (QED) is 0.475. The lowest BCUT2D eigenvalue weighted by Gasteiger charge is -2.41. The Labute approximate surface area is 172 Å². The van der Waals surface area contributed by atoms with Gasteiger partial charge in [0.1, 0.15) is 0 Å². The first-order valence-electron chi connectivity index (χ1n) is 9.65. The van der Waals surface area contributed by atoms with E-state index in [2.05, 4.69) is 39.7 Å². The Hall–Kier alpha value is -1.83. The molecule has 1 aliphatic rings. The molecule has 0 spiro atoms. The van der Waals surface area contributed by atoms with E-state index in [1.54, 1.807) is 7.05 Å². The molecule has 8 heteroatoms. The highest BCUT2D eigenvalue weighted by molar-refractivity contribution is 6.33. The van der Waals surface area contributed by atoms with Crippen molar-refractivity contribution < 1.29 is 9.53 Å². The molecule has 0 aromatic heterocycles. The van der Waals surface area contributed by atoms with Crippen LogP contribution in [0, 0.1) is 6.92 Å². The SMILES string of the molecule is CN=C(NCCC(=O)Nc1ccc(C)cc1Cl)NCC(C)(C)N1CCOCC1. The third kappa shape index (κ3) is 6.96. The number of carbonyl (C=O) groups is 1. The van der Waals surface area contributed by atoms with Crippen LogP contribution in [0.2, 0.25) is 5.02 Å². The van der Waals surface area contributed by atoms with Crippen molar-refractivity contribution in [3.8, 4) is 0 Å². The lowest BCUT2D eigenvalue weighted by atomic mass is 10.0. The Morgan fingerprint density at radius 2 is 2.00 bits per heavy atom. The van der Waals surface area contributed by atoms with E-state index < -0.39 is 0 Å². The summed E-state index contributed by atoms with van der Waals surface area (Å²) < 4.78 is 5.43. The highest BCUT2D eigenvalue weighted by atomic mass is 35.5. The number of halogens is 1. The number of ether oxygens (including phenoxy) is 1. The summed E-state index contributed by atoms with van der Waals surface area (Å²) in [5.74, 6) is 0.588. The first-order chi connectivity index (χ1) is 13.3. The van der Waals surface area contributed by atoms with E-state index in [1.165, 1.54) is 0 Å². The average Bonchev–Trinajstić information content (AvgIpc) is 2.67. The molecule has 0 saturated carbocycles. The minimum atomic E-state index is -0.0950. The molecule has 3 N–H and O–H groups in total. The second-order valence-corrected chi connectivity index (χ2v) is 7.95. The first kappa shape index (κ1) is 22.5. The zero-order valence-electron chi connectivity index (χ0n) is 17.3. The van der Waals surface area contributed by atoms with Gasteiger partial charge in [-0.15, -0.1) is 0 Å². The average molecular weight is 410 g/mol. The molecule has 1 aromatic carbocycles. The number of hydrogen-bond acceptors (Lipinski definition) is 4. The van der Waals surface area contributed by atoms with E-state index in [0.717, 1.165) is 38.4 Å². The lowest BCUT2D eigenvalue weighted by Crippen LogP contribution is -2.56. The number of nitrogens with zero attached hydrogens (tertiary/aromatic N) is 2. The number of morpholine rings is 1. The molecule has 1 aliphatic heterocycles. The fraction of sp³-hybridized carbons (Fsp3) is 0.600. The maximum atomic E-state index is 12.2. The highest BCUT2D eigenvalue weighted by Crippen LogP contribution is 2.22. The number of aryl methyl sites for hydroxylation is 1. The van der Waals surface area contributed by atoms with Crippen molar-refractivity contribution in [3.05, 3.63) is 28.8 Å². The molecule has 1 aromatic rings. The molecule has 1 heterocycles. The second kappa shape index (κ2) is 10.6. The molecule has 1 saturated heterocycles. The van der Waals surface area contributed by atoms with E-state index >= 15 is 0 Å². The van der Waals surface area contributed by atoms with Gasteiger partial charge in [-0.1, -0.05) is 17.7 Å². The fourth-order valence-electron chi connectivity index (χ4n) is 3.03. The van der Waals surface area contributed by atoms with Crippen LogP contribution < -0.4 is 16.0 Å². The van der Waals surface area contributed by atoms with Crippen molar-refractivity contribution in [1.29, 1.82) is 0 Å². The molecule has 0 bridgehead atoms. The van der Waals surface area contributed by atoms with Gasteiger partial charge in [-0.2, -0.15) is 0 Å². The van der Waals surface area contributed by atoms with E-state index in [1.807, 2.05) is 25.1 Å². The molecule has 0 aliphatic carbocycles. The summed E-state index contributed by atoms with van der Waals surface area (Å²) in [5, 5.41) is 9.92. The number of amides is 1. The van der Waals surface area contributed by atoms with Crippen molar-refractivity contribution in [1.82, 2.24) is 15.5 Å². The van der Waals surface area contributed by atoms with Gasteiger partial charge >= 0.3 is 0 Å². The van der Waals surface area contributed by atoms with Gasteiger partial charge in [0.2, 0.25) is 5.91 Å². The molecular formula is C20H32ClN5O2. The summed E-state index contributed by atoms with van der Waals surface area (Å²) >= 11 is 6.16. The summed E-state index contributed by atoms with van der Waals surface area (Å²) in [5.41, 5.74) is 1.67. The van der Waals surface area contributed by atoms with E-state index in [9.17, 15) is 4.79 Å². The van der Waals surface area contributed by atoms with Crippen molar-refractivity contribution >= 4 is 29.2 Å². The topological polar surface area (TPSA) is 78.0 Å². The summed E-state index contributed by atoms with van der Waals surface area (Å²) in [6.07, 6.45) is 0.317. The van der Waals surface area contributed by atoms with Gasteiger partial charge in [-0.05, 0) is 38.5 Å². The van der Waals surface area contributed by atoms with Crippen LogP contribution in [0.4, 0.5) is 5.69 Å². The summed E-state index contributed by atoms with van der Waals surface area (Å²) in [6.45, 7) is 11.0. The number of benzene rings is 1. The molecule has 0 unspecified atom stereocenters. The number of hydrogen-bond donors (Lipinski definition) is 3. The predicted octanol–water partition coefficient (Wildman–Crippen LogP) is 2.25. The molecule has 2 rings (SSSR count). The standard InChI is InChI=1S/C20H32ClN5O2/c1-15-5-6-17(16(21)13-15)25-18(27)7-8-23-19(22-4)24-14-20(2,3)26-9-11-28-12-10-26/h5-6,13H,7-12,14H2,1-4H3,(H,25,27)(H2,22,23,24). The second-order valence-electron chi connectivity index (χ2n) is 7.55. The Bertz CT molecular complexity index is 687. The van der Waals surface area contributed by atoms with Crippen LogP contribution >= 0.6 is 11.6 Å². The van der Waals surface area contributed by atoms with Crippen LogP contribution in [-0.4, -0.2) is 68.7 Å². The Balaban J connectivity index is 1.73. The van der Waals surface area contributed by atoms with Gasteiger partial charge < -0.3 is 20.7 Å². The zero-order chi connectivity index (χ0) is 20.6. The summed E-state index contributed by atoms with van der Waals surface area (Å²) in [7, 11) is 1.73. The third-order valence-corrected chi connectivity index (χ3v) is 5.14. The molecule has 7 nitrogen and oxygen atoms in total. The van der Waals surface area contributed by atoms with Crippen molar-refractivity contribution in [2.45, 2.75) is 32.7 Å². The lowest BCUT2D eigenvalue weighted by molar-refractivity contribution is -0.116. The van der Waals surface area contributed by atoms with Gasteiger partial charge in [0.15, 0.2) is 5.96 Å². The molecule has 0 radical (unpaired) electrons. The van der Waals surface area contributed by atoms with Crippen LogP contribution in [0.1, 0.15) is 25.8 Å². The minimum Gasteiger partial charge on any atom is -0.379 e. The summed E-state index contributed by atoms with van der Waals surface area (Å²) in [6, 6.07) is 5.57. The van der Waals surface area contributed by atoms with Gasteiger partial charge in [-0.3, -0.25) is 14.7 Å². The molecule has 1 amide bonds. The third-order valence-electron chi connectivity index (χ3n) is 4.82. The van der Waals surface area contributed by atoms with Gasteiger partial charge in [0, 0.05) is 45.2 Å².